The number of aliphatic hydroxyl groups excluding tert-OH is 1. The van der Waals surface area contributed by atoms with Crippen molar-refractivity contribution >= 4 is 11.9 Å². The molecule has 1 unspecified atom stereocenters. The third-order valence-corrected chi connectivity index (χ3v) is 1.25. The number of aliphatic hydroxyl groups is 1. The smallest absolute Gasteiger partial charge is 0.307 e. The van der Waals surface area contributed by atoms with Crippen molar-refractivity contribution in [2.45, 2.75) is 12.8 Å². The second-order valence-corrected chi connectivity index (χ2v) is 2.15. The van der Waals surface area contributed by atoms with Crippen LogP contribution in [0.25, 0.3) is 0 Å². The summed E-state index contributed by atoms with van der Waals surface area (Å²) in [5.74, 6) is -3.31. The van der Waals surface area contributed by atoms with Gasteiger partial charge in [-0.2, -0.15) is 0 Å². The molecule has 0 bridgehead atoms. The van der Waals surface area contributed by atoms with E-state index >= 15 is 0 Å². The molecule has 0 aromatic rings. The normalized spacial score (nSPS) is 12.5. The lowest BCUT2D eigenvalue weighted by atomic mass is 10.0. The molecule has 11 heavy (non-hydrogen) atoms. The highest BCUT2D eigenvalue weighted by atomic mass is 16.4. The number of rotatable bonds is 5. The van der Waals surface area contributed by atoms with Crippen molar-refractivity contribution in [2.24, 2.45) is 5.92 Å². The quantitative estimate of drug-likeness (QED) is 0.508. The van der Waals surface area contributed by atoms with Crippen molar-refractivity contribution in [2.75, 3.05) is 6.61 Å². The van der Waals surface area contributed by atoms with Crippen molar-refractivity contribution in [1.29, 1.82) is 0 Å². The van der Waals surface area contributed by atoms with Gasteiger partial charge in [-0.1, -0.05) is 0 Å². The molecule has 0 saturated heterocycles. The van der Waals surface area contributed by atoms with Crippen LogP contribution in [0.4, 0.5) is 0 Å². The molecular formula is C6H10O5. The van der Waals surface area contributed by atoms with E-state index < -0.39 is 24.3 Å². The fraction of sp³-hybridized carbons (Fsp3) is 0.667. The van der Waals surface area contributed by atoms with E-state index in [1.807, 2.05) is 0 Å². The zero-order valence-electron chi connectivity index (χ0n) is 5.86. The number of aliphatic carboxylic acids is 2. The molecule has 0 radical (unpaired) electrons. The standard InChI is InChI=1S/C6H10O5/c7-2-1-4(6(10)11)3-5(8)9/h4,7H,1-3H2,(H,8,9)(H,10,11). The lowest BCUT2D eigenvalue weighted by molar-refractivity contribution is -0.148. The van der Waals surface area contributed by atoms with E-state index in [2.05, 4.69) is 0 Å². The molecule has 5 heteroatoms. The minimum Gasteiger partial charge on any atom is -0.481 e. The highest BCUT2D eigenvalue weighted by Crippen LogP contribution is 2.07. The Labute approximate surface area is 63.3 Å². The molecule has 0 aliphatic carbocycles. The molecule has 1 atom stereocenters. The Morgan fingerprint density at radius 2 is 1.82 bits per heavy atom. The van der Waals surface area contributed by atoms with Crippen molar-refractivity contribution in [3.63, 3.8) is 0 Å². The van der Waals surface area contributed by atoms with Gasteiger partial charge in [-0.15, -0.1) is 0 Å². The topological polar surface area (TPSA) is 94.8 Å². The van der Waals surface area contributed by atoms with Gasteiger partial charge in [-0.05, 0) is 6.42 Å². The Balaban J connectivity index is 3.89. The first kappa shape index (κ1) is 9.90. The number of hydrogen-bond acceptors (Lipinski definition) is 3. The molecule has 0 fully saturated rings. The molecule has 3 N–H and O–H groups in total. The fourth-order valence-electron chi connectivity index (χ4n) is 0.679. The summed E-state index contributed by atoms with van der Waals surface area (Å²) in [5.41, 5.74) is 0. The summed E-state index contributed by atoms with van der Waals surface area (Å²) in [4.78, 5) is 20.3. The maximum absolute atomic E-state index is 10.3. The van der Waals surface area contributed by atoms with Crippen LogP contribution in [0.2, 0.25) is 0 Å². The first-order valence-corrected chi connectivity index (χ1v) is 3.13. The average molecular weight is 162 g/mol. The maximum atomic E-state index is 10.3. The van der Waals surface area contributed by atoms with E-state index in [0.29, 0.717) is 0 Å². The lowest BCUT2D eigenvalue weighted by Crippen LogP contribution is -2.18. The Bertz CT molecular complexity index is 153. The molecule has 5 nitrogen and oxygen atoms in total. The second-order valence-electron chi connectivity index (χ2n) is 2.15. The van der Waals surface area contributed by atoms with E-state index in [1.165, 1.54) is 0 Å². The predicted octanol–water partition coefficient (Wildman–Crippen LogP) is -0.456. The van der Waals surface area contributed by atoms with Gasteiger partial charge in [0.25, 0.3) is 0 Å². The SMILES string of the molecule is O=C(O)CC(CCO)C(=O)O. The Kier molecular flexibility index (Phi) is 4.21. The van der Waals surface area contributed by atoms with Crippen LogP contribution in [0.5, 0.6) is 0 Å². The minimum atomic E-state index is -1.18. The summed E-state index contributed by atoms with van der Waals surface area (Å²) < 4.78 is 0. The first-order chi connectivity index (χ1) is 5.07. The molecule has 0 saturated carbocycles. The van der Waals surface area contributed by atoms with Crippen LogP contribution in [-0.2, 0) is 9.59 Å². The molecule has 64 valence electrons. The first-order valence-electron chi connectivity index (χ1n) is 3.13. The largest absolute Gasteiger partial charge is 0.481 e. The van der Waals surface area contributed by atoms with E-state index in [1.54, 1.807) is 0 Å². The van der Waals surface area contributed by atoms with Crippen LogP contribution in [0, 0.1) is 5.92 Å². The van der Waals surface area contributed by atoms with Crippen molar-refractivity contribution in [1.82, 2.24) is 0 Å². The van der Waals surface area contributed by atoms with Gasteiger partial charge in [-0.3, -0.25) is 9.59 Å². The van der Waals surface area contributed by atoms with Crippen LogP contribution in [0.3, 0.4) is 0 Å². The molecule has 0 heterocycles. The highest BCUT2D eigenvalue weighted by molar-refractivity contribution is 5.77. The van der Waals surface area contributed by atoms with Gasteiger partial charge in [0.2, 0.25) is 0 Å². The third kappa shape index (κ3) is 4.32. The lowest BCUT2D eigenvalue weighted by Gasteiger charge is -2.05. The van der Waals surface area contributed by atoms with E-state index in [0.717, 1.165) is 0 Å². The van der Waals surface area contributed by atoms with E-state index in [-0.39, 0.29) is 13.0 Å². The van der Waals surface area contributed by atoms with E-state index in [9.17, 15) is 9.59 Å². The zero-order valence-corrected chi connectivity index (χ0v) is 5.86. The molecular weight excluding hydrogens is 152 g/mol. The number of carboxylic acid groups (broad SMARTS) is 2. The van der Waals surface area contributed by atoms with Gasteiger partial charge in [0.05, 0.1) is 12.3 Å². The van der Waals surface area contributed by atoms with E-state index in [4.69, 9.17) is 15.3 Å². The van der Waals surface area contributed by atoms with Crippen molar-refractivity contribution < 1.29 is 24.9 Å². The highest BCUT2D eigenvalue weighted by Gasteiger charge is 2.19. The van der Waals surface area contributed by atoms with Crippen LogP contribution in [-0.4, -0.2) is 33.9 Å². The summed E-state index contributed by atoms with van der Waals surface area (Å²) in [5, 5.41) is 24.9. The van der Waals surface area contributed by atoms with Crippen LogP contribution in [0.1, 0.15) is 12.8 Å². The van der Waals surface area contributed by atoms with Gasteiger partial charge in [0.1, 0.15) is 0 Å². The summed E-state index contributed by atoms with van der Waals surface area (Å²) in [6, 6.07) is 0. The number of carbonyl (C=O) groups is 2. The average Bonchev–Trinajstić information content (AvgIpc) is 1.86. The number of carboxylic acids is 2. The molecule has 0 amide bonds. The van der Waals surface area contributed by atoms with Gasteiger partial charge in [-0.25, -0.2) is 0 Å². The van der Waals surface area contributed by atoms with Gasteiger partial charge < -0.3 is 15.3 Å². The Morgan fingerprint density at radius 1 is 1.27 bits per heavy atom. The molecule has 0 aromatic heterocycles. The Hall–Kier alpha value is -1.10. The third-order valence-electron chi connectivity index (χ3n) is 1.25. The summed E-state index contributed by atoms with van der Waals surface area (Å²) in [6.45, 7) is -0.301. The molecule has 0 spiro atoms. The predicted molar refractivity (Wildman–Crippen MR) is 35.1 cm³/mol. The molecule has 0 rings (SSSR count). The summed E-state index contributed by atoms with van der Waals surface area (Å²) >= 11 is 0. The Morgan fingerprint density at radius 3 is 2.09 bits per heavy atom. The minimum absolute atomic E-state index is 0.0123. The molecule has 0 aromatic carbocycles. The summed E-state index contributed by atoms with van der Waals surface area (Å²) in [7, 11) is 0. The summed E-state index contributed by atoms with van der Waals surface area (Å²) in [6.07, 6.45) is -0.447. The molecule has 0 aliphatic rings. The fourth-order valence-corrected chi connectivity index (χ4v) is 0.679. The van der Waals surface area contributed by atoms with Gasteiger partial charge in [0, 0.05) is 6.61 Å². The van der Waals surface area contributed by atoms with Crippen molar-refractivity contribution in [3.05, 3.63) is 0 Å². The molecule has 0 aliphatic heterocycles. The van der Waals surface area contributed by atoms with Crippen LogP contribution in [0.15, 0.2) is 0 Å². The second kappa shape index (κ2) is 4.68. The van der Waals surface area contributed by atoms with Gasteiger partial charge in [0.15, 0.2) is 0 Å². The zero-order chi connectivity index (χ0) is 8.85. The van der Waals surface area contributed by atoms with Crippen molar-refractivity contribution in [3.8, 4) is 0 Å². The van der Waals surface area contributed by atoms with Crippen LogP contribution < -0.4 is 0 Å². The maximum Gasteiger partial charge on any atom is 0.307 e. The van der Waals surface area contributed by atoms with Crippen LogP contribution >= 0.6 is 0 Å². The number of hydrogen-bond donors (Lipinski definition) is 3. The van der Waals surface area contributed by atoms with Gasteiger partial charge >= 0.3 is 11.9 Å². The monoisotopic (exact) mass is 162 g/mol.